The van der Waals surface area contributed by atoms with E-state index in [1.165, 1.54) is 0 Å². The van der Waals surface area contributed by atoms with Crippen molar-refractivity contribution in [3.8, 4) is 0 Å². The second kappa shape index (κ2) is 4.59. The molecular weight excluding hydrogens is 155 g/mol. The maximum Gasteiger partial charge on any atom is 0.389 e. The first-order valence-electron chi connectivity index (χ1n) is 3.76. The van der Waals surface area contributed by atoms with Crippen LogP contribution in [0.1, 0.15) is 26.2 Å². The third-order valence-corrected chi connectivity index (χ3v) is 1.55. The van der Waals surface area contributed by atoms with Crippen LogP contribution in [0.15, 0.2) is 0 Å². The number of hydrogen-bond acceptors (Lipinski definition) is 1. The van der Waals surface area contributed by atoms with Gasteiger partial charge in [0.25, 0.3) is 0 Å². The highest BCUT2D eigenvalue weighted by Crippen LogP contribution is 2.26. The van der Waals surface area contributed by atoms with Crippen molar-refractivity contribution in [2.75, 3.05) is 6.54 Å². The minimum atomic E-state index is -4.06. The standard InChI is InChI=1S/C7H14F3N/c1-2-3-6(5-11)4-7(8,9)10/h6H,2-5,11H2,1H3. The maximum atomic E-state index is 11.8. The molecule has 0 rings (SSSR count). The lowest BCUT2D eigenvalue weighted by atomic mass is 10.00. The molecule has 0 saturated heterocycles. The van der Waals surface area contributed by atoms with E-state index < -0.39 is 12.6 Å². The highest BCUT2D eigenvalue weighted by atomic mass is 19.4. The van der Waals surface area contributed by atoms with Crippen LogP contribution in [-0.4, -0.2) is 12.7 Å². The number of halogens is 3. The summed E-state index contributed by atoms with van der Waals surface area (Å²) in [6, 6.07) is 0. The minimum absolute atomic E-state index is 0.132. The normalized spacial score (nSPS) is 15.0. The summed E-state index contributed by atoms with van der Waals surface area (Å²) in [7, 11) is 0. The maximum absolute atomic E-state index is 11.8. The van der Waals surface area contributed by atoms with E-state index in [4.69, 9.17) is 5.73 Å². The van der Waals surface area contributed by atoms with Crippen LogP contribution >= 0.6 is 0 Å². The molecule has 0 bridgehead atoms. The minimum Gasteiger partial charge on any atom is -0.330 e. The summed E-state index contributed by atoms with van der Waals surface area (Å²) in [5.74, 6) is -0.389. The van der Waals surface area contributed by atoms with Crippen molar-refractivity contribution in [3.05, 3.63) is 0 Å². The molecule has 0 aromatic heterocycles. The Balaban J connectivity index is 3.68. The summed E-state index contributed by atoms with van der Waals surface area (Å²) in [6.45, 7) is 1.99. The molecule has 68 valence electrons. The van der Waals surface area contributed by atoms with E-state index in [1.807, 2.05) is 6.92 Å². The number of hydrogen-bond donors (Lipinski definition) is 1. The lowest BCUT2D eigenvalue weighted by molar-refractivity contribution is -0.144. The third kappa shape index (κ3) is 6.16. The van der Waals surface area contributed by atoms with Crippen molar-refractivity contribution in [2.24, 2.45) is 11.7 Å². The Morgan fingerprint density at radius 3 is 2.18 bits per heavy atom. The van der Waals surface area contributed by atoms with E-state index in [9.17, 15) is 13.2 Å². The van der Waals surface area contributed by atoms with Gasteiger partial charge >= 0.3 is 6.18 Å². The van der Waals surface area contributed by atoms with Gasteiger partial charge in [0.15, 0.2) is 0 Å². The molecule has 0 saturated carbocycles. The van der Waals surface area contributed by atoms with E-state index in [0.29, 0.717) is 6.42 Å². The second-order valence-corrected chi connectivity index (χ2v) is 2.71. The van der Waals surface area contributed by atoms with Gasteiger partial charge in [-0.1, -0.05) is 13.3 Å². The zero-order valence-corrected chi connectivity index (χ0v) is 6.62. The molecule has 1 unspecified atom stereocenters. The molecule has 0 radical (unpaired) electrons. The van der Waals surface area contributed by atoms with Crippen LogP contribution in [0.5, 0.6) is 0 Å². The van der Waals surface area contributed by atoms with Gasteiger partial charge in [0, 0.05) is 6.42 Å². The number of alkyl halides is 3. The van der Waals surface area contributed by atoms with Crippen LogP contribution in [0.3, 0.4) is 0 Å². The molecule has 1 atom stereocenters. The van der Waals surface area contributed by atoms with Gasteiger partial charge in [0.1, 0.15) is 0 Å². The molecule has 0 aliphatic rings. The molecule has 4 heteroatoms. The van der Waals surface area contributed by atoms with Crippen LogP contribution < -0.4 is 5.73 Å². The van der Waals surface area contributed by atoms with Crippen molar-refractivity contribution in [1.29, 1.82) is 0 Å². The molecular formula is C7H14F3N. The van der Waals surface area contributed by atoms with E-state index in [0.717, 1.165) is 6.42 Å². The first-order chi connectivity index (χ1) is 4.99. The van der Waals surface area contributed by atoms with Gasteiger partial charge in [-0.3, -0.25) is 0 Å². The van der Waals surface area contributed by atoms with Crippen LogP contribution in [0.25, 0.3) is 0 Å². The lowest BCUT2D eigenvalue weighted by Crippen LogP contribution is -2.21. The summed E-state index contributed by atoms with van der Waals surface area (Å²) in [6.07, 6.45) is -3.47. The Morgan fingerprint density at radius 1 is 1.36 bits per heavy atom. The SMILES string of the molecule is CCCC(CN)CC(F)(F)F. The fourth-order valence-corrected chi connectivity index (χ4v) is 1.04. The topological polar surface area (TPSA) is 26.0 Å². The van der Waals surface area contributed by atoms with E-state index in [-0.39, 0.29) is 12.5 Å². The third-order valence-electron chi connectivity index (χ3n) is 1.55. The average Bonchev–Trinajstić information content (AvgIpc) is 1.84. The van der Waals surface area contributed by atoms with Crippen molar-refractivity contribution < 1.29 is 13.2 Å². The zero-order valence-electron chi connectivity index (χ0n) is 6.62. The fourth-order valence-electron chi connectivity index (χ4n) is 1.04. The monoisotopic (exact) mass is 169 g/mol. The van der Waals surface area contributed by atoms with Gasteiger partial charge in [-0.2, -0.15) is 13.2 Å². The lowest BCUT2D eigenvalue weighted by Gasteiger charge is -2.15. The van der Waals surface area contributed by atoms with Gasteiger partial charge in [-0.15, -0.1) is 0 Å². The van der Waals surface area contributed by atoms with E-state index in [2.05, 4.69) is 0 Å². The van der Waals surface area contributed by atoms with Gasteiger partial charge in [-0.05, 0) is 18.9 Å². The number of rotatable bonds is 4. The molecule has 0 amide bonds. The van der Waals surface area contributed by atoms with Crippen LogP contribution in [0.4, 0.5) is 13.2 Å². The first kappa shape index (κ1) is 10.8. The molecule has 0 aliphatic heterocycles. The van der Waals surface area contributed by atoms with Gasteiger partial charge in [0.2, 0.25) is 0 Å². The predicted molar refractivity (Wildman–Crippen MR) is 38.1 cm³/mol. The summed E-state index contributed by atoms with van der Waals surface area (Å²) < 4.78 is 35.3. The Kier molecular flexibility index (Phi) is 4.49. The Bertz CT molecular complexity index is 100. The molecule has 0 heterocycles. The van der Waals surface area contributed by atoms with E-state index >= 15 is 0 Å². The fraction of sp³-hybridized carbons (Fsp3) is 1.00. The summed E-state index contributed by atoms with van der Waals surface area (Å²) >= 11 is 0. The molecule has 1 nitrogen and oxygen atoms in total. The number of nitrogens with two attached hydrogens (primary N) is 1. The molecule has 0 aliphatic carbocycles. The quantitative estimate of drug-likeness (QED) is 0.686. The molecule has 0 fully saturated rings. The Hall–Kier alpha value is -0.250. The molecule has 0 spiro atoms. The smallest absolute Gasteiger partial charge is 0.330 e. The Labute approximate surface area is 64.8 Å². The molecule has 2 N–H and O–H groups in total. The van der Waals surface area contributed by atoms with Crippen molar-refractivity contribution in [2.45, 2.75) is 32.4 Å². The predicted octanol–water partition coefficient (Wildman–Crippen LogP) is 2.31. The molecule has 0 aromatic carbocycles. The molecule has 0 aromatic rings. The van der Waals surface area contributed by atoms with Crippen molar-refractivity contribution in [1.82, 2.24) is 0 Å². The van der Waals surface area contributed by atoms with Gasteiger partial charge in [-0.25, -0.2) is 0 Å². The second-order valence-electron chi connectivity index (χ2n) is 2.71. The van der Waals surface area contributed by atoms with Gasteiger partial charge in [0.05, 0.1) is 0 Å². The van der Waals surface area contributed by atoms with Crippen LogP contribution in [0.2, 0.25) is 0 Å². The van der Waals surface area contributed by atoms with Crippen LogP contribution in [-0.2, 0) is 0 Å². The summed E-state index contributed by atoms with van der Waals surface area (Å²) in [5, 5.41) is 0. The molecule has 11 heavy (non-hydrogen) atoms. The average molecular weight is 169 g/mol. The van der Waals surface area contributed by atoms with Crippen molar-refractivity contribution in [3.63, 3.8) is 0 Å². The Morgan fingerprint density at radius 2 is 1.91 bits per heavy atom. The summed E-state index contributed by atoms with van der Waals surface area (Å²) in [5.41, 5.74) is 5.17. The van der Waals surface area contributed by atoms with E-state index in [1.54, 1.807) is 0 Å². The zero-order chi connectivity index (χ0) is 8.91. The van der Waals surface area contributed by atoms with Crippen LogP contribution in [0, 0.1) is 5.92 Å². The van der Waals surface area contributed by atoms with Crippen molar-refractivity contribution >= 4 is 0 Å². The summed E-state index contributed by atoms with van der Waals surface area (Å²) in [4.78, 5) is 0. The highest BCUT2D eigenvalue weighted by molar-refractivity contribution is 4.64. The largest absolute Gasteiger partial charge is 0.389 e. The van der Waals surface area contributed by atoms with Gasteiger partial charge < -0.3 is 5.73 Å². The highest BCUT2D eigenvalue weighted by Gasteiger charge is 2.30. The first-order valence-corrected chi connectivity index (χ1v) is 3.76.